The summed E-state index contributed by atoms with van der Waals surface area (Å²) < 4.78 is 1.07. The highest BCUT2D eigenvalue weighted by molar-refractivity contribution is 9.10. The Balaban J connectivity index is 1.57. The molecule has 1 fully saturated rings. The Kier molecular flexibility index (Phi) is 5.23. The van der Waals surface area contributed by atoms with Gasteiger partial charge in [-0.1, -0.05) is 23.7 Å². The van der Waals surface area contributed by atoms with Crippen molar-refractivity contribution in [2.45, 2.75) is 18.9 Å². The lowest BCUT2D eigenvalue weighted by atomic mass is 10.0. The highest BCUT2D eigenvalue weighted by Crippen LogP contribution is 2.25. The molecule has 0 aromatic heterocycles. The van der Waals surface area contributed by atoms with Gasteiger partial charge in [-0.3, -0.25) is 4.79 Å². The van der Waals surface area contributed by atoms with E-state index in [-0.39, 0.29) is 5.91 Å². The van der Waals surface area contributed by atoms with Crippen LogP contribution in [0.25, 0.3) is 0 Å². The Hall–Kier alpha value is -1.52. The summed E-state index contributed by atoms with van der Waals surface area (Å²) in [5, 5.41) is 4.20. The summed E-state index contributed by atoms with van der Waals surface area (Å²) in [4.78, 5) is 14.4. The van der Waals surface area contributed by atoms with Gasteiger partial charge in [0.1, 0.15) is 0 Å². The summed E-state index contributed by atoms with van der Waals surface area (Å²) >= 11 is 9.43. The Labute approximate surface area is 149 Å². The van der Waals surface area contributed by atoms with E-state index in [0.29, 0.717) is 16.6 Å². The van der Waals surface area contributed by atoms with Gasteiger partial charge in [-0.15, -0.1) is 0 Å². The van der Waals surface area contributed by atoms with Gasteiger partial charge in [0.25, 0.3) is 5.91 Å². The number of hydrogen-bond acceptors (Lipinski definition) is 2. The minimum Gasteiger partial charge on any atom is -0.381 e. The summed E-state index contributed by atoms with van der Waals surface area (Å²) in [6, 6.07) is 15.6. The molecule has 1 amide bonds. The predicted octanol–water partition coefficient (Wildman–Crippen LogP) is 4.82. The summed E-state index contributed by atoms with van der Waals surface area (Å²) in [6.45, 7) is 1.53. The first-order chi connectivity index (χ1) is 11.1. The molecule has 23 heavy (non-hydrogen) atoms. The van der Waals surface area contributed by atoms with Crippen molar-refractivity contribution in [2.75, 3.05) is 18.4 Å². The van der Waals surface area contributed by atoms with Gasteiger partial charge in [-0.25, -0.2) is 0 Å². The molecule has 1 aliphatic rings. The number of anilines is 1. The molecule has 0 radical (unpaired) electrons. The van der Waals surface area contributed by atoms with Crippen LogP contribution < -0.4 is 5.32 Å². The van der Waals surface area contributed by atoms with Gasteiger partial charge in [0, 0.05) is 39.9 Å². The number of hydrogen-bond donors (Lipinski definition) is 1. The highest BCUT2D eigenvalue weighted by Gasteiger charge is 2.23. The lowest BCUT2D eigenvalue weighted by Crippen LogP contribution is -2.42. The van der Waals surface area contributed by atoms with Crippen LogP contribution in [0.2, 0.25) is 5.02 Å². The van der Waals surface area contributed by atoms with Crippen LogP contribution in [0.5, 0.6) is 0 Å². The second kappa shape index (κ2) is 7.37. The molecule has 0 saturated carbocycles. The largest absolute Gasteiger partial charge is 0.381 e. The number of likely N-dealkylation sites (tertiary alicyclic amines) is 1. The zero-order valence-electron chi connectivity index (χ0n) is 12.6. The molecule has 0 bridgehead atoms. The van der Waals surface area contributed by atoms with E-state index in [2.05, 4.69) is 27.3 Å². The summed E-state index contributed by atoms with van der Waals surface area (Å²) in [6.07, 6.45) is 1.89. The molecule has 2 aromatic carbocycles. The van der Waals surface area contributed by atoms with Gasteiger partial charge >= 0.3 is 0 Å². The fourth-order valence-electron chi connectivity index (χ4n) is 2.80. The van der Waals surface area contributed by atoms with Gasteiger partial charge in [0.15, 0.2) is 0 Å². The zero-order chi connectivity index (χ0) is 16.2. The number of nitrogens with zero attached hydrogens (tertiary/aromatic N) is 1. The number of carbonyl (C=O) groups is 1. The minimum atomic E-state index is 0.0843. The average molecular weight is 394 g/mol. The number of piperidine rings is 1. The molecular weight excluding hydrogens is 376 g/mol. The van der Waals surface area contributed by atoms with Gasteiger partial charge in [0.2, 0.25) is 0 Å². The van der Waals surface area contributed by atoms with E-state index in [4.69, 9.17) is 11.6 Å². The van der Waals surface area contributed by atoms with Crippen molar-refractivity contribution in [3.63, 3.8) is 0 Å². The van der Waals surface area contributed by atoms with Gasteiger partial charge in [0.05, 0.1) is 0 Å². The third kappa shape index (κ3) is 4.06. The monoisotopic (exact) mass is 392 g/mol. The van der Waals surface area contributed by atoms with Crippen LogP contribution in [0.15, 0.2) is 53.0 Å². The molecule has 120 valence electrons. The molecule has 0 aliphatic carbocycles. The van der Waals surface area contributed by atoms with Crippen LogP contribution in [0.1, 0.15) is 23.2 Å². The molecule has 3 nitrogen and oxygen atoms in total. The van der Waals surface area contributed by atoms with E-state index in [1.807, 2.05) is 23.1 Å². The number of carbonyl (C=O) groups excluding carboxylic acids is 1. The molecule has 3 rings (SSSR count). The first-order valence-electron chi connectivity index (χ1n) is 7.69. The Bertz CT molecular complexity index is 682. The molecular formula is C18H18BrClN2O. The maximum absolute atomic E-state index is 12.5. The quantitative estimate of drug-likeness (QED) is 0.811. The fraction of sp³-hybridized carbons (Fsp3) is 0.278. The number of benzene rings is 2. The predicted molar refractivity (Wildman–Crippen MR) is 98.1 cm³/mol. The number of nitrogens with one attached hydrogen (secondary N) is 1. The third-order valence-electron chi connectivity index (χ3n) is 4.11. The van der Waals surface area contributed by atoms with Crippen LogP contribution in [0.4, 0.5) is 5.69 Å². The molecule has 2 aromatic rings. The van der Waals surface area contributed by atoms with Gasteiger partial charge in [-0.05, 0) is 65.2 Å². The highest BCUT2D eigenvalue weighted by atomic mass is 79.9. The van der Waals surface area contributed by atoms with Gasteiger partial charge in [-0.2, -0.15) is 0 Å². The first kappa shape index (κ1) is 16.3. The van der Waals surface area contributed by atoms with E-state index < -0.39 is 0 Å². The molecule has 5 heteroatoms. The van der Waals surface area contributed by atoms with Crippen molar-refractivity contribution in [1.29, 1.82) is 0 Å². The Morgan fingerprint density at radius 3 is 2.39 bits per heavy atom. The SMILES string of the molecule is O=C(c1ccc(Cl)cc1)N1CCC(Nc2ccccc2Br)CC1. The number of amides is 1. The van der Waals surface area contributed by atoms with E-state index in [1.54, 1.807) is 24.3 Å². The zero-order valence-corrected chi connectivity index (χ0v) is 15.0. The van der Waals surface area contributed by atoms with E-state index in [9.17, 15) is 4.79 Å². The second-order valence-corrected chi connectivity index (χ2v) is 6.99. The van der Waals surface area contributed by atoms with Crippen LogP contribution in [0.3, 0.4) is 0 Å². The number of para-hydroxylation sites is 1. The Morgan fingerprint density at radius 2 is 1.74 bits per heavy atom. The van der Waals surface area contributed by atoms with E-state index >= 15 is 0 Å². The smallest absolute Gasteiger partial charge is 0.253 e. The third-order valence-corrected chi connectivity index (χ3v) is 5.05. The topological polar surface area (TPSA) is 32.3 Å². The number of rotatable bonds is 3. The van der Waals surface area contributed by atoms with Crippen LogP contribution in [-0.2, 0) is 0 Å². The molecule has 0 spiro atoms. The maximum atomic E-state index is 12.5. The van der Waals surface area contributed by atoms with E-state index in [0.717, 1.165) is 36.1 Å². The molecule has 1 heterocycles. The van der Waals surface area contributed by atoms with Crippen molar-refractivity contribution in [2.24, 2.45) is 0 Å². The molecule has 0 unspecified atom stereocenters. The summed E-state index contributed by atoms with van der Waals surface area (Å²) in [7, 11) is 0. The first-order valence-corrected chi connectivity index (χ1v) is 8.86. The van der Waals surface area contributed by atoms with Crippen molar-refractivity contribution in [3.8, 4) is 0 Å². The van der Waals surface area contributed by atoms with Gasteiger partial charge < -0.3 is 10.2 Å². The standard InChI is InChI=1S/C18H18BrClN2O/c19-16-3-1-2-4-17(16)21-15-9-11-22(12-10-15)18(23)13-5-7-14(20)8-6-13/h1-8,15,21H,9-12H2. The molecule has 1 N–H and O–H groups in total. The van der Waals surface area contributed by atoms with Crippen LogP contribution >= 0.6 is 27.5 Å². The molecule has 0 atom stereocenters. The maximum Gasteiger partial charge on any atom is 0.253 e. The minimum absolute atomic E-state index is 0.0843. The second-order valence-electron chi connectivity index (χ2n) is 5.70. The Morgan fingerprint density at radius 1 is 1.09 bits per heavy atom. The van der Waals surface area contributed by atoms with E-state index in [1.165, 1.54) is 0 Å². The molecule has 1 saturated heterocycles. The van der Waals surface area contributed by atoms with Crippen molar-refractivity contribution in [1.82, 2.24) is 4.90 Å². The lowest BCUT2D eigenvalue weighted by Gasteiger charge is -2.33. The van der Waals surface area contributed by atoms with Crippen LogP contribution in [-0.4, -0.2) is 29.9 Å². The number of halogens is 2. The fourth-order valence-corrected chi connectivity index (χ4v) is 3.33. The normalized spacial score (nSPS) is 15.5. The molecule has 1 aliphatic heterocycles. The lowest BCUT2D eigenvalue weighted by molar-refractivity contribution is 0.0718. The van der Waals surface area contributed by atoms with Crippen molar-refractivity contribution >= 4 is 39.1 Å². The summed E-state index contributed by atoms with van der Waals surface area (Å²) in [5.41, 5.74) is 1.81. The average Bonchev–Trinajstić information content (AvgIpc) is 2.58. The van der Waals surface area contributed by atoms with Crippen LogP contribution in [0, 0.1) is 0 Å². The van der Waals surface area contributed by atoms with Crippen molar-refractivity contribution in [3.05, 3.63) is 63.6 Å². The summed E-state index contributed by atoms with van der Waals surface area (Å²) in [5.74, 6) is 0.0843. The van der Waals surface area contributed by atoms with Crippen molar-refractivity contribution < 1.29 is 4.79 Å².